The van der Waals surface area contributed by atoms with Gasteiger partial charge in [0.1, 0.15) is 11.3 Å². The van der Waals surface area contributed by atoms with Crippen LogP contribution in [0.2, 0.25) is 0 Å². The molecule has 5 rings (SSSR count). The van der Waals surface area contributed by atoms with Gasteiger partial charge in [-0.05, 0) is 46.5 Å². The molecular formula is C25H21FN4O. The maximum atomic E-state index is 13.5. The lowest BCUT2D eigenvalue weighted by molar-refractivity contribution is 0.614. The zero-order valence-electron chi connectivity index (χ0n) is 17.3. The molecule has 0 unspecified atom stereocenters. The molecular weight excluding hydrogens is 391 g/mol. The molecule has 2 aromatic heterocycles. The minimum absolute atomic E-state index is 0.104. The van der Waals surface area contributed by atoms with Gasteiger partial charge in [0.25, 0.3) is 5.56 Å². The molecule has 0 saturated carbocycles. The van der Waals surface area contributed by atoms with Crippen molar-refractivity contribution in [2.75, 3.05) is 0 Å². The SMILES string of the molecule is CC(C)c1nn(Cc2cccc3ccccc23)c(=O)c2c1cnn2-c1ccc(F)cc1. The maximum absolute atomic E-state index is 13.5. The first-order valence-corrected chi connectivity index (χ1v) is 10.2. The Morgan fingerprint density at radius 3 is 2.45 bits per heavy atom. The van der Waals surface area contributed by atoms with E-state index in [2.05, 4.69) is 23.3 Å². The minimum Gasteiger partial charge on any atom is -0.265 e. The average molecular weight is 412 g/mol. The molecule has 2 heterocycles. The van der Waals surface area contributed by atoms with Crippen LogP contribution in [0.4, 0.5) is 4.39 Å². The molecule has 0 atom stereocenters. The molecule has 3 aromatic carbocycles. The smallest absolute Gasteiger partial charge is 0.265 e. The predicted molar refractivity (Wildman–Crippen MR) is 120 cm³/mol. The summed E-state index contributed by atoms with van der Waals surface area (Å²) >= 11 is 0. The topological polar surface area (TPSA) is 52.7 Å². The van der Waals surface area contributed by atoms with Gasteiger partial charge in [-0.3, -0.25) is 4.79 Å². The number of halogens is 1. The zero-order valence-corrected chi connectivity index (χ0v) is 17.3. The molecule has 0 aliphatic carbocycles. The van der Waals surface area contributed by atoms with Gasteiger partial charge in [0.2, 0.25) is 0 Å². The molecule has 0 fully saturated rings. The molecule has 154 valence electrons. The molecule has 0 radical (unpaired) electrons. The highest BCUT2D eigenvalue weighted by Gasteiger charge is 2.19. The third-order valence-electron chi connectivity index (χ3n) is 5.53. The number of fused-ring (bicyclic) bond motifs is 2. The lowest BCUT2D eigenvalue weighted by atomic mass is 10.0. The number of hydrogen-bond acceptors (Lipinski definition) is 3. The van der Waals surface area contributed by atoms with E-state index >= 15 is 0 Å². The molecule has 6 heteroatoms. The van der Waals surface area contributed by atoms with Crippen molar-refractivity contribution >= 4 is 21.7 Å². The molecule has 0 spiro atoms. The highest BCUT2D eigenvalue weighted by atomic mass is 19.1. The van der Waals surface area contributed by atoms with Crippen molar-refractivity contribution < 1.29 is 4.39 Å². The Morgan fingerprint density at radius 1 is 0.935 bits per heavy atom. The summed E-state index contributed by atoms with van der Waals surface area (Å²) in [6.45, 7) is 4.44. The van der Waals surface area contributed by atoms with E-state index in [-0.39, 0.29) is 17.3 Å². The van der Waals surface area contributed by atoms with Gasteiger partial charge in [0, 0.05) is 5.39 Å². The van der Waals surface area contributed by atoms with Crippen LogP contribution in [-0.4, -0.2) is 19.6 Å². The van der Waals surface area contributed by atoms with Gasteiger partial charge in [-0.1, -0.05) is 56.3 Å². The first-order chi connectivity index (χ1) is 15.0. The molecule has 31 heavy (non-hydrogen) atoms. The largest absolute Gasteiger partial charge is 0.293 e. The molecule has 0 amide bonds. The van der Waals surface area contributed by atoms with Crippen molar-refractivity contribution in [2.24, 2.45) is 0 Å². The Bertz CT molecular complexity index is 1460. The number of rotatable bonds is 4. The van der Waals surface area contributed by atoms with Gasteiger partial charge in [0.15, 0.2) is 0 Å². The number of aromatic nitrogens is 4. The molecule has 5 nitrogen and oxygen atoms in total. The van der Waals surface area contributed by atoms with Crippen LogP contribution in [-0.2, 0) is 6.54 Å². The summed E-state index contributed by atoms with van der Waals surface area (Å²) in [5.41, 5.74) is 2.68. The normalized spacial score (nSPS) is 11.6. The summed E-state index contributed by atoms with van der Waals surface area (Å²) in [5.74, 6) is -0.231. The second kappa shape index (κ2) is 7.47. The Labute approximate surface area is 178 Å². The summed E-state index contributed by atoms with van der Waals surface area (Å²) in [7, 11) is 0. The molecule has 0 bridgehead atoms. The van der Waals surface area contributed by atoms with E-state index in [1.165, 1.54) is 16.8 Å². The van der Waals surface area contributed by atoms with Gasteiger partial charge in [-0.2, -0.15) is 10.2 Å². The van der Waals surface area contributed by atoms with E-state index in [0.717, 1.165) is 27.4 Å². The van der Waals surface area contributed by atoms with Gasteiger partial charge in [-0.15, -0.1) is 0 Å². The molecule has 0 aliphatic rings. The second-order valence-corrected chi connectivity index (χ2v) is 7.94. The van der Waals surface area contributed by atoms with E-state index in [9.17, 15) is 9.18 Å². The average Bonchev–Trinajstić information content (AvgIpc) is 3.21. The highest BCUT2D eigenvalue weighted by molar-refractivity contribution is 5.86. The molecule has 0 aliphatic heterocycles. The molecule has 0 saturated heterocycles. The fraction of sp³-hybridized carbons (Fsp3) is 0.160. The second-order valence-electron chi connectivity index (χ2n) is 7.94. The van der Waals surface area contributed by atoms with E-state index in [1.807, 2.05) is 38.1 Å². The Morgan fingerprint density at radius 2 is 1.68 bits per heavy atom. The van der Waals surface area contributed by atoms with E-state index in [1.54, 1.807) is 23.0 Å². The summed E-state index contributed by atoms with van der Waals surface area (Å²) < 4.78 is 16.5. The van der Waals surface area contributed by atoms with Crippen molar-refractivity contribution in [3.05, 3.63) is 100 Å². The van der Waals surface area contributed by atoms with Crippen LogP contribution in [0.25, 0.3) is 27.4 Å². The number of nitrogens with zero attached hydrogens (tertiary/aromatic N) is 4. The molecule has 5 aromatic rings. The summed E-state index contributed by atoms with van der Waals surface area (Å²) in [4.78, 5) is 13.5. The van der Waals surface area contributed by atoms with Crippen molar-refractivity contribution in [1.29, 1.82) is 0 Å². The summed E-state index contributed by atoms with van der Waals surface area (Å²) in [6.07, 6.45) is 1.67. The maximum Gasteiger partial charge on any atom is 0.293 e. The van der Waals surface area contributed by atoms with Crippen LogP contribution in [0, 0.1) is 5.82 Å². The first-order valence-electron chi connectivity index (χ1n) is 10.2. The third kappa shape index (κ3) is 3.30. The lowest BCUT2D eigenvalue weighted by Crippen LogP contribution is -2.27. The van der Waals surface area contributed by atoms with Crippen molar-refractivity contribution in [3.8, 4) is 5.69 Å². The van der Waals surface area contributed by atoms with Gasteiger partial charge in [-0.25, -0.2) is 13.8 Å². The van der Waals surface area contributed by atoms with Crippen LogP contribution >= 0.6 is 0 Å². The summed E-state index contributed by atoms with van der Waals surface area (Å²) in [6, 6.07) is 20.1. The Balaban J connectivity index is 1.73. The van der Waals surface area contributed by atoms with Crippen molar-refractivity contribution in [2.45, 2.75) is 26.3 Å². The number of benzene rings is 3. The van der Waals surface area contributed by atoms with E-state index in [4.69, 9.17) is 5.10 Å². The standard InChI is InChI=1S/C25H21FN4O/c1-16(2)23-22-14-27-30(20-12-10-19(26)11-13-20)24(22)25(31)29(28-23)15-18-8-5-7-17-6-3-4-9-21(17)18/h3-14,16H,15H2,1-2H3. The van der Waals surface area contributed by atoms with Crippen LogP contribution in [0.3, 0.4) is 0 Å². The Kier molecular flexibility index (Phi) is 4.62. The monoisotopic (exact) mass is 412 g/mol. The van der Waals surface area contributed by atoms with Gasteiger partial charge in [0.05, 0.1) is 24.1 Å². The first kappa shape index (κ1) is 19.2. The van der Waals surface area contributed by atoms with Crippen molar-refractivity contribution in [3.63, 3.8) is 0 Å². The van der Waals surface area contributed by atoms with Gasteiger partial charge >= 0.3 is 0 Å². The fourth-order valence-corrected chi connectivity index (χ4v) is 4.00. The van der Waals surface area contributed by atoms with E-state index < -0.39 is 0 Å². The van der Waals surface area contributed by atoms with Crippen molar-refractivity contribution in [1.82, 2.24) is 19.6 Å². The van der Waals surface area contributed by atoms with Crippen LogP contribution in [0.5, 0.6) is 0 Å². The zero-order chi connectivity index (χ0) is 21.5. The highest BCUT2D eigenvalue weighted by Crippen LogP contribution is 2.24. The van der Waals surface area contributed by atoms with Gasteiger partial charge < -0.3 is 0 Å². The Hall–Kier alpha value is -3.80. The van der Waals surface area contributed by atoms with Crippen LogP contribution < -0.4 is 5.56 Å². The predicted octanol–water partition coefficient (Wildman–Crippen LogP) is 5.05. The lowest BCUT2D eigenvalue weighted by Gasteiger charge is -2.13. The molecule has 0 N–H and O–H groups in total. The quantitative estimate of drug-likeness (QED) is 0.415. The third-order valence-corrected chi connectivity index (χ3v) is 5.53. The van der Waals surface area contributed by atoms with E-state index in [0.29, 0.717) is 17.7 Å². The summed E-state index contributed by atoms with van der Waals surface area (Å²) in [5, 5.41) is 12.1. The fourth-order valence-electron chi connectivity index (χ4n) is 4.00. The minimum atomic E-state index is -0.335. The van der Waals surface area contributed by atoms with Crippen LogP contribution in [0.15, 0.2) is 77.7 Å². The van der Waals surface area contributed by atoms with Crippen LogP contribution in [0.1, 0.15) is 31.0 Å². The number of hydrogen-bond donors (Lipinski definition) is 0.